The topological polar surface area (TPSA) is 0 Å². The smallest absolute Gasteiger partial charge is 0.0948 e. The fourth-order valence-corrected chi connectivity index (χ4v) is 2.16. The monoisotopic (exact) mass is 216 g/mol. The van der Waals surface area contributed by atoms with E-state index in [2.05, 4.69) is 48.5 Å². The number of hydrogen-bond acceptors (Lipinski definition) is 0. The van der Waals surface area contributed by atoms with Crippen LogP contribution >= 0.6 is 0 Å². The van der Waals surface area contributed by atoms with E-state index in [4.69, 9.17) is 0 Å². The fourth-order valence-electron chi connectivity index (χ4n) is 2.16. The second kappa shape index (κ2) is 4.84. The quantitative estimate of drug-likeness (QED) is 0.604. The van der Waals surface area contributed by atoms with Gasteiger partial charge in [-0.3, -0.25) is 4.39 Å². The first kappa shape index (κ1) is 14.9. The molecule has 0 aliphatic carbocycles. The summed E-state index contributed by atoms with van der Waals surface area (Å²) >= 11 is 0. The maximum atomic E-state index is 13.1. The van der Waals surface area contributed by atoms with Gasteiger partial charge in [-0.15, -0.1) is 0 Å². The minimum Gasteiger partial charge on any atom is -0.251 e. The summed E-state index contributed by atoms with van der Waals surface area (Å²) in [5.74, 6) is 0. The van der Waals surface area contributed by atoms with Crippen molar-refractivity contribution in [2.24, 2.45) is 16.2 Å². The third-order valence-corrected chi connectivity index (χ3v) is 2.76. The van der Waals surface area contributed by atoms with Crippen LogP contribution < -0.4 is 0 Å². The Hall–Kier alpha value is -0.0700. The van der Waals surface area contributed by atoms with E-state index in [1.54, 1.807) is 0 Å². The molecule has 15 heavy (non-hydrogen) atoms. The van der Waals surface area contributed by atoms with Crippen molar-refractivity contribution in [2.75, 3.05) is 6.67 Å². The van der Waals surface area contributed by atoms with E-state index in [0.29, 0.717) is 5.41 Å². The zero-order valence-electron chi connectivity index (χ0n) is 11.7. The molecule has 1 atom stereocenters. The zero-order chi connectivity index (χ0) is 12.3. The molecule has 0 nitrogen and oxygen atoms in total. The van der Waals surface area contributed by atoms with Crippen molar-refractivity contribution in [1.29, 1.82) is 0 Å². The molecule has 1 heteroatoms. The molecule has 0 rings (SSSR count). The van der Waals surface area contributed by atoms with Crippen LogP contribution in [0.4, 0.5) is 4.39 Å². The van der Waals surface area contributed by atoms with Gasteiger partial charge in [-0.05, 0) is 35.5 Å². The number of alkyl halides is 1. The van der Waals surface area contributed by atoms with E-state index in [0.717, 1.165) is 19.3 Å². The first-order valence-corrected chi connectivity index (χ1v) is 6.04. The predicted molar refractivity (Wildman–Crippen MR) is 66.8 cm³/mol. The Kier molecular flexibility index (Phi) is 4.82. The summed E-state index contributed by atoms with van der Waals surface area (Å²) in [6.45, 7) is 15.1. The normalized spacial score (nSPS) is 17.6. The highest BCUT2D eigenvalue weighted by Gasteiger charge is 2.31. The van der Waals surface area contributed by atoms with Gasteiger partial charge in [-0.2, -0.15) is 0 Å². The summed E-state index contributed by atoms with van der Waals surface area (Å²) in [6, 6.07) is 0. The van der Waals surface area contributed by atoms with Crippen LogP contribution in [0.1, 0.15) is 67.7 Å². The first-order valence-electron chi connectivity index (χ1n) is 6.04. The van der Waals surface area contributed by atoms with Crippen LogP contribution in [0.25, 0.3) is 0 Å². The zero-order valence-corrected chi connectivity index (χ0v) is 11.7. The van der Waals surface area contributed by atoms with Gasteiger partial charge in [-0.1, -0.05) is 48.5 Å². The lowest BCUT2D eigenvalue weighted by Gasteiger charge is -2.35. The molecule has 0 radical (unpaired) electrons. The summed E-state index contributed by atoms with van der Waals surface area (Å²) in [5.41, 5.74) is 0.401. The van der Waals surface area contributed by atoms with Crippen LogP contribution in [0.15, 0.2) is 0 Å². The van der Waals surface area contributed by atoms with Gasteiger partial charge in [0.1, 0.15) is 0 Å². The standard InChI is InChI=1S/C14H29F/c1-12(2,3)8-9-14(7,11-15)10-13(4,5)6/h8-11H2,1-7H3. The molecule has 1 unspecified atom stereocenters. The van der Waals surface area contributed by atoms with Crippen molar-refractivity contribution in [3.8, 4) is 0 Å². The summed E-state index contributed by atoms with van der Waals surface area (Å²) in [5, 5.41) is 0. The minimum absolute atomic E-state index is 0.133. The van der Waals surface area contributed by atoms with E-state index in [-0.39, 0.29) is 17.5 Å². The molecular weight excluding hydrogens is 187 g/mol. The van der Waals surface area contributed by atoms with Gasteiger partial charge in [0.25, 0.3) is 0 Å². The lowest BCUT2D eigenvalue weighted by molar-refractivity contribution is 0.118. The second-order valence-electron chi connectivity index (χ2n) is 7.74. The van der Waals surface area contributed by atoms with Crippen LogP contribution in [0.5, 0.6) is 0 Å². The SMILES string of the molecule is CC(C)(C)CCC(C)(CF)CC(C)(C)C. The van der Waals surface area contributed by atoms with Crippen molar-refractivity contribution in [2.45, 2.75) is 67.7 Å². The van der Waals surface area contributed by atoms with Crippen LogP contribution in [0.2, 0.25) is 0 Å². The lowest BCUT2D eigenvalue weighted by atomic mass is 9.71. The Balaban J connectivity index is 4.32. The van der Waals surface area contributed by atoms with E-state index in [9.17, 15) is 4.39 Å². The number of rotatable bonds is 4. The molecule has 0 saturated carbocycles. The molecule has 0 aliphatic rings. The minimum atomic E-state index is -0.194. The third-order valence-electron chi connectivity index (χ3n) is 2.76. The predicted octanol–water partition coefficient (Wildman–Crippen LogP) is 5.22. The molecule has 0 aromatic carbocycles. The largest absolute Gasteiger partial charge is 0.251 e. The third kappa shape index (κ3) is 7.81. The molecule has 0 amide bonds. The molecule has 0 spiro atoms. The molecule has 0 heterocycles. The average Bonchev–Trinajstić information content (AvgIpc) is 1.97. The van der Waals surface area contributed by atoms with Gasteiger partial charge in [-0.25, -0.2) is 0 Å². The van der Waals surface area contributed by atoms with E-state index >= 15 is 0 Å². The van der Waals surface area contributed by atoms with Gasteiger partial charge in [0.2, 0.25) is 0 Å². The Bertz CT molecular complexity index is 182. The molecule has 92 valence electrons. The van der Waals surface area contributed by atoms with Crippen LogP contribution in [-0.2, 0) is 0 Å². The molecular formula is C14H29F. The highest BCUT2D eigenvalue weighted by Crippen LogP contribution is 2.39. The van der Waals surface area contributed by atoms with Gasteiger partial charge in [0.15, 0.2) is 0 Å². The first-order chi connectivity index (χ1) is 6.47. The Labute approximate surface area is 95.6 Å². The van der Waals surface area contributed by atoms with Crippen LogP contribution in [0.3, 0.4) is 0 Å². The molecule has 0 bridgehead atoms. The second-order valence-corrected chi connectivity index (χ2v) is 7.74. The van der Waals surface area contributed by atoms with E-state index in [1.165, 1.54) is 0 Å². The maximum absolute atomic E-state index is 13.1. The Morgan fingerprint density at radius 2 is 1.20 bits per heavy atom. The molecule has 0 fully saturated rings. The maximum Gasteiger partial charge on any atom is 0.0948 e. The van der Waals surface area contributed by atoms with Crippen molar-refractivity contribution in [1.82, 2.24) is 0 Å². The van der Waals surface area contributed by atoms with Crippen LogP contribution in [0, 0.1) is 16.2 Å². The highest BCUT2D eigenvalue weighted by atomic mass is 19.1. The summed E-state index contributed by atoms with van der Waals surface area (Å²) in [4.78, 5) is 0. The van der Waals surface area contributed by atoms with E-state index in [1.807, 2.05) is 0 Å². The molecule has 0 aromatic rings. The van der Waals surface area contributed by atoms with Crippen molar-refractivity contribution in [3.05, 3.63) is 0 Å². The molecule has 0 N–H and O–H groups in total. The summed E-state index contributed by atoms with van der Waals surface area (Å²) < 4.78 is 13.1. The molecule has 0 saturated heterocycles. The molecule has 0 aromatic heterocycles. The van der Waals surface area contributed by atoms with Crippen molar-refractivity contribution in [3.63, 3.8) is 0 Å². The van der Waals surface area contributed by atoms with Crippen LogP contribution in [-0.4, -0.2) is 6.67 Å². The van der Waals surface area contributed by atoms with Gasteiger partial charge >= 0.3 is 0 Å². The number of hydrogen-bond donors (Lipinski definition) is 0. The molecule has 0 aliphatic heterocycles. The fraction of sp³-hybridized carbons (Fsp3) is 1.00. The Morgan fingerprint density at radius 3 is 1.47 bits per heavy atom. The van der Waals surface area contributed by atoms with Gasteiger partial charge < -0.3 is 0 Å². The Morgan fingerprint density at radius 1 is 0.733 bits per heavy atom. The average molecular weight is 216 g/mol. The highest BCUT2D eigenvalue weighted by molar-refractivity contribution is 4.81. The van der Waals surface area contributed by atoms with Gasteiger partial charge in [0, 0.05) is 0 Å². The lowest BCUT2D eigenvalue weighted by Crippen LogP contribution is -2.27. The van der Waals surface area contributed by atoms with Crippen molar-refractivity contribution >= 4 is 0 Å². The van der Waals surface area contributed by atoms with E-state index < -0.39 is 0 Å². The number of halogens is 1. The van der Waals surface area contributed by atoms with Gasteiger partial charge in [0.05, 0.1) is 6.67 Å². The van der Waals surface area contributed by atoms with Crippen molar-refractivity contribution < 1.29 is 4.39 Å². The summed E-state index contributed by atoms with van der Waals surface area (Å²) in [6.07, 6.45) is 3.06. The summed E-state index contributed by atoms with van der Waals surface area (Å²) in [7, 11) is 0.